The van der Waals surface area contributed by atoms with E-state index < -0.39 is 17.8 Å². The third kappa shape index (κ3) is 4.70. The van der Waals surface area contributed by atoms with Crippen LogP contribution in [0.15, 0.2) is 29.3 Å². The van der Waals surface area contributed by atoms with Crippen LogP contribution < -0.4 is 15.8 Å². The lowest BCUT2D eigenvalue weighted by molar-refractivity contribution is -0.140. The number of aromatic nitrogens is 4. The summed E-state index contributed by atoms with van der Waals surface area (Å²) < 4.78 is 42.7. The maximum absolute atomic E-state index is 13.6. The van der Waals surface area contributed by atoms with Crippen LogP contribution in [0.5, 0.6) is 0 Å². The molecule has 0 atom stereocenters. The number of aromatic amines is 1. The number of hydrogen-bond donors (Lipinski definition) is 2. The summed E-state index contributed by atoms with van der Waals surface area (Å²) in [5, 5.41) is 2.29. The summed E-state index contributed by atoms with van der Waals surface area (Å²) in [7, 11) is 1.34. The number of rotatable bonds is 5. The molecule has 4 heterocycles. The molecule has 33 heavy (non-hydrogen) atoms. The summed E-state index contributed by atoms with van der Waals surface area (Å²) in [5.41, 5.74) is -0.104. The Labute approximate surface area is 187 Å². The van der Waals surface area contributed by atoms with Crippen LogP contribution in [0.2, 0.25) is 0 Å². The number of alkyl halides is 3. The Morgan fingerprint density at radius 3 is 2.52 bits per heavy atom. The number of anilines is 1. The van der Waals surface area contributed by atoms with Crippen LogP contribution in [0.1, 0.15) is 34.4 Å². The number of amides is 1. The zero-order valence-corrected chi connectivity index (χ0v) is 18.2. The first-order chi connectivity index (χ1) is 15.7. The summed E-state index contributed by atoms with van der Waals surface area (Å²) >= 11 is 0. The minimum atomic E-state index is -4.68. The number of nitrogens with one attached hydrogen (secondary N) is 2. The molecular formula is C21H24F3N7O2. The van der Waals surface area contributed by atoms with Crippen LogP contribution in [-0.4, -0.2) is 63.4 Å². The van der Waals surface area contributed by atoms with E-state index in [1.807, 2.05) is 13.1 Å². The molecular weight excluding hydrogens is 439 g/mol. The van der Waals surface area contributed by atoms with Crippen molar-refractivity contribution in [2.24, 2.45) is 0 Å². The molecule has 0 radical (unpaired) electrons. The highest BCUT2D eigenvalue weighted by Gasteiger charge is 2.38. The lowest BCUT2D eigenvalue weighted by Crippen LogP contribution is -2.46. The fraction of sp³-hybridized carbons (Fsp3) is 0.429. The van der Waals surface area contributed by atoms with Crippen molar-refractivity contribution < 1.29 is 18.0 Å². The largest absolute Gasteiger partial charge is 0.435 e. The Hall–Kier alpha value is -3.41. The summed E-state index contributed by atoms with van der Waals surface area (Å²) in [5.74, 6) is -0.209. The third-order valence-electron chi connectivity index (χ3n) is 5.68. The van der Waals surface area contributed by atoms with E-state index in [-0.39, 0.29) is 16.9 Å². The van der Waals surface area contributed by atoms with E-state index in [2.05, 4.69) is 25.2 Å². The Kier molecular flexibility index (Phi) is 6.11. The topological polar surface area (TPSA) is 98.6 Å². The molecule has 1 fully saturated rings. The van der Waals surface area contributed by atoms with Gasteiger partial charge in [-0.2, -0.15) is 13.2 Å². The van der Waals surface area contributed by atoms with Gasteiger partial charge in [-0.3, -0.25) is 23.9 Å². The van der Waals surface area contributed by atoms with Gasteiger partial charge in [0, 0.05) is 57.7 Å². The first kappa shape index (κ1) is 22.8. The second-order valence-electron chi connectivity index (χ2n) is 7.83. The number of nitrogens with zero attached hydrogens (tertiary/aromatic N) is 5. The zero-order valence-electron chi connectivity index (χ0n) is 18.2. The first-order valence-electron chi connectivity index (χ1n) is 10.6. The second kappa shape index (κ2) is 8.85. The number of hydrogen-bond acceptors (Lipinski definition) is 6. The summed E-state index contributed by atoms with van der Waals surface area (Å²) in [6.07, 6.45) is -0.461. The van der Waals surface area contributed by atoms with E-state index in [1.165, 1.54) is 19.2 Å². The van der Waals surface area contributed by atoms with Gasteiger partial charge in [0.15, 0.2) is 5.69 Å². The van der Waals surface area contributed by atoms with E-state index in [4.69, 9.17) is 0 Å². The third-order valence-corrected chi connectivity index (χ3v) is 5.68. The van der Waals surface area contributed by atoms with Crippen molar-refractivity contribution in [3.63, 3.8) is 0 Å². The SMILES string of the molecule is CCc1cn2cc(CN3CCN(c4ccc(C(=O)NC)nc4C(F)(F)F)CC3)nc2[nH]c1=O. The molecule has 4 rings (SSSR count). The van der Waals surface area contributed by atoms with Crippen molar-refractivity contribution in [1.82, 2.24) is 29.6 Å². The van der Waals surface area contributed by atoms with Crippen molar-refractivity contribution in [2.45, 2.75) is 26.1 Å². The molecule has 12 heteroatoms. The van der Waals surface area contributed by atoms with Crippen LogP contribution >= 0.6 is 0 Å². The number of carbonyl (C=O) groups excluding carboxylic acids is 1. The first-order valence-corrected chi connectivity index (χ1v) is 10.6. The highest BCUT2D eigenvalue weighted by Crippen LogP contribution is 2.35. The van der Waals surface area contributed by atoms with E-state index >= 15 is 0 Å². The van der Waals surface area contributed by atoms with Gasteiger partial charge >= 0.3 is 6.18 Å². The molecule has 0 spiro atoms. The van der Waals surface area contributed by atoms with Gasteiger partial charge in [-0.1, -0.05) is 6.92 Å². The van der Waals surface area contributed by atoms with Crippen molar-refractivity contribution >= 4 is 17.4 Å². The van der Waals surface area contributed by atoms with Crippen molar-refractivity contribution in [3.8, 4) is 0 Å². The quantitative estimate of drug-likeness (QED) is 0.598. The molecule has 0 unspecified atom stereocenters. The molecule has 9 nitrogen and oxygen atoms in total. The average Bonchev–Trinajstić information content (AvgIpc) is 3.18. The predicted molar refractivity (Wildman–Crippen MR) is 115 cm³/mol. The molecule has 0 aliphatic carbocycles. The Balaban J connectivity index is 1.47. The van der Waals surface area contributed by atoms with Gasteiger partial charge in [0.2, 0.25) is 5.78 Å². The molecule has 1 aliphatic rings. The number of pyridine rings is 1. The lowest BCUT2D eigenvalue weighted by atomic mass is 10.2. The zero-order chi connectivity index (χ0) is 23.8. The number of imidazole rings is 1. The van der Waals surface area contributed by atoms with Gasteiger partial charge in [0.05, 0.1) is 11.4 Å². The van der Waals surface area contributed by atoms with Gasteiger partial charge in [-0.25, -0.2) is 9.97 Å². The van der Waals surface area contributed by atoms with Crippen LogP contribution in [-0.2, 0) is 19.1 Å². The second-order valence-corrected chi connectivity index (χ2v) is 7.83. The standard InChI is InChI=1S/C21H24F3N7O2/c1-3-13-10-31-12-14(26-20(31)28-18(13)32)11-29-6-8-30(9-7-29)16-5-4-15(19(33)25-2)27-17(16)21(22,23)24/h4-5,10,12H,3,6-9,11H2,1-2H3,(H,25,33)(H,26,28,32). The summed E-state index contributed by atoms with van der Waals surface area (Å²) in [6.45, 7) is 4.21. The van der Waals surface area contributed by atoms with Gasteiger partial charge in [-0.15, -0.1) is 0 Å². The number of fused-ring (bicyclic) bond motifs is 1. The summed E-state index contributed by atoms with van der Waals surface area (Å²) in [6, 6.07) is 2.61. The van der Waals surface area contributed by atoms with Gasteiger partial charge in [-0.05, 0) is 18.6 Å². The molecule has 1 saturated heterocycles. The average molecular weight is 463 g/mol. The molecule has 1 amide bonds. The van der Waals surface area contributed by atoms with Gasteiger partial charge in [0.1, 0.15) is 5.69 Å². The Bertz CT molecular complexity index is 1230. The van der Waals surface area contributed by atoms with E-state index in [1.54, 1.807) is 15.5 Å². The minimum absolute atomic E-state index is 0.0350. The van der Waals surface area contributed by atoms with Crippen molar-refractivity contribution in [2.75, 3.05) is 38.1 Å². The van der Waals surface area contributed by atoms with Crippen molar-refractivity contribution in [3.05, 3.63) is 57.5 Å². The summed E-state index contributed by atoms with van der Waals surface area (Å²) in [4.78, 5) is 38.2. The molecule has 3 aromatic heterocycles. The highest BCUT2D eigenvalue weighted by molar-refractivity contribution is 5.92. The van der Waals surface area contributed by atoms with Crippen LogP contribution in [0.3, 0.4) is 0 Å². The number of piperazine rings is 1. The van der Waals surface area contributed by atoms with Gasteiger partial charge in [0.25, 0.3) is 11.5 Å². The van der Waals surface area contributed by atoms with Crippen LogP contribution in [0.25, 0.3) is 5.78 Å². The molecule has 0 saturated carbocycles. The Morgan fingerprint density at radius 2 is 1.88 bits per heavy atom. The molecule has 3 aromatic rings. The number of carbonyl (C=O) groups is 1. The Morgan fingerprint density at radius 1 is 1.15 bits per heavy atom. The van der Waals surface area contributed by atoms with Crippen molar-refractivity contribution in [1.29, 1.82) is 0 Å². The normalized spacial score (nSPS) is 15.2. The number of halogens is 3. The van der Waals surface area contributed by atoms with Crippen LogP contribution in [0.4, 0.5) is 18.9 Å². The lowest BCUT2D eigenvalue weighted by Gasteiger charge is -2.36. The van der Waals surface area contributed by atoms with E-state index in [0.29, 0.717) is 50.5 Å². The van der Waals surface area contributed by atoms with E-state index in [9.17, 15) is 22.8 Å². The maximum Gasteiger partial charge on any atom is 0.435 e. The number of H-pyrrole nitrogens is 1. The van der Waals surface area contributed by atoms with E-state index in [0.717, 1.165) is 5.69 Å². The smallest absolute Gasteiger partial charge is 0.367 e. The molecule has 2 N–H and O–H groups in total. The monoisotopic (exact) mass is 463 g/mol. The molecule has 0 bridgehead atoms. The molecule has 0 aromatic carbocycles. The fourth-order valence-electron chi connectivity index (χ4n) is 3.92. The number of aryl methyl sites for hydroxylation is 1. The molecule has 1 aliphatic heterocycles. The van der Waals surface area contributed by atoms with Crippen LogP contribution in [0, 0.1) is 0 Å². The predicted octanol–water partition coefficient (Wildman–Crippen LogP) is 1.68. The van der Waals surface area contributed by atoms with Gasteiger partial charge < -0.3 is 10.2 Å². The molecule has 176 valence electrons. The maximum atomic E-state index is 13.6. The minimum Gasteiger partial charge on any atom is -0.367 e. The highest BCUT2D eigenvalue weighted by atomic mass is 19.4. The fourth-order valence-corrected chi connectivity index (χ4v) is 3.92.